The van der Waals surface area contributed by atoms with Crippen LogP contribution in [0.15, 0.2) is 47.4 Å². The number of benzene rings is 2. The van der Waals surface area contributed by atoms with Crippen LogP contribution in [0.4, 0.5) is 11.4 Å². The van der Waals surface area contributed by atoms with Gasteiger partial charge in [0.15, 0.2) is 0 Å². The zero-order chi connectivity index (χ0) is 18.9. The number of primary sulfonamides is 1. The topological polar surface area (TPSA) is 83.7 Å². The summed E-state index contributed by atoms with van der Waals surface area (Å²) in [7, 11) is -3.72. The van der Waals surface area contributed by atoms with Crippen molar-refractivity contribution < 1.29 is 13.2 Å². The lowest BCUT2D eigenvalue weighted by Gasteiger charge is -2.27. The van der Waals surface area contributed by atoms with Crippen molar-refractivity contribution in [3.63, 3.8) is 0 Å². The number of carbonyl (C=O) groups excluding carboxylic acids is 1. The van der Waals surface area contributed by atoms with E-state index in [2.05, 4.69) is 0 Å². The van der Waals surface area contributed by atoms with Crippen molar-refractivity contribution in [2.45, 2.75) is 25.2 Å². The standard InChI is InChI=1S/C19H23N3O3S/c1-3-22(17-7-5-4-6-14(17)2)19(23)13-21-11-10-15-12-16(26(20,24)25)8-9-18(15)21/h4-9,12H,3,10-11,13H2,1-2H3,(H2,20,24,25). The second kappa shape index (κ2) is 7.09. The molecule has 0 radical (unpaired) electrons. The average Bonchev–Trinajstić information content (AvgIpc) is 2.99. The number of nitrogens with zero attached hydrogens (tertiary/aromatic N) is 2. The zero-order valence-corrected chi connectivity index (χ0v) is 15.8. The first kappa shape index (κ1) is 18.4. The van der Waals surface area contributed by atoms with E-state index in [0.717, 1.165) is 22.5 Å². The third-order valence-corrected chi connectivity index (χ3v) is 5.63. The maximum atomic E-state index is 12.9. The quantitative estimate of drug-likeness (QED) is 0.869. The molecule has 0 atom stereocenters. The van der Waals surface area contributed by atoms with Gasteiger partial charge in [0.05, 0.1) is 11.4 Å². The van der Waals surface area contributed by atoms with Crippen LogP contribution in [0.5, 0.6) is 0 Å². The second-order valence-electron chi connectivity index (χ2n) is 6.43. The Morgan fingerprint density at radius 1 is 1.23 bits per heavy atom. The molecule has 0 unspecified atom stereocenters. The van der Waals surface area contributed by atoms with E-state index in [-0.39, 0.29) is 17.3 Å². The molecule has 6 nitrogen and oxygen atoms in total. The molecule has 7 heteroatoms. The van der Waals surface area contributed by atoms with Crippen LogP contribution in [0, 0.1) is 6.92 Å². The molecule has 2 aromatic carbocycles. The van der Waals surface area contributed by atoms with Crippen molar-refractivity contribution >= 4 is 27.3 Å². The smallest absolute Gasteiger partial charge is 0.246 e. The van der Waals surface area contributed by atoms with E-state index >= 15 is 0 Å². The van der Waals surface area contributed by atoms with Gasteiger partial charge in [0.25, 0.3) is 0 Å². The van der Waals surface area contributed by atoms with Crippen LogP contribution in [0.1, 0.15) is 18.1 Å². The van der Waals surface area contributed by atoms with Crippen molar-refractivity contribution in [2.24, 2.45) is 5.14 Å². The Kier molecular flexibility index (Phi) is 5.02. The van der Waals surface area contributed by atoms with Gasteiger partial charge < -0.3 is 9.80 Å². The summed E-state index contributed by atoms with van der Waals surface area (Å²) in [4.78, 5) is 16.8. The van der Waals surface area contributed by atoms with Crippen molar-refractivity contribution in [2.75, 3.05) is 29.4 Å². The number of para-hydroxylation sites is 1. The first-order chi connectivity index (χ1) is 12.3. The highest BCUT2D eigenvalue weighted by atomic mass is 32.2. The first-order valence-electron chi connectivity index (χ1n) is 8.58. The van der Waals surface area contributed by atoms with Gasteiger partial charge in [-0.25, -0.2) is 13.6 Å². The second-order valence-corrected chi connectivity index (χ2v) is 7.99. The number of aryl methyl sites for hydroxylation is 1. The minimum atomic E-state index is -3.72. The molecule has 1 heterocycles. The number of rotatable bonds is 5. The molecular formula is C19H23N3O3S. The summed E-state index contributed by atoms with van der Waals surface area (Å²) >= 11 is 0. The number of sulfonamides is 1. The predicted molar refractivity (Wildman–Crippen MR) is 103 cm³/mol. The van der Waals surface area contributed by atoms with Crippen LogP contribution in [0.3, 0.4) is 0 Å². The van der Waals surface area contributed by atoms with Crippen molar-refractivity contribution in [3.8, 4) is 0 Å². The highest BCUT2D eigenvalue weighted by molar-refractivity contribution is 7.89. The number of nitrogens with two attached hydrogens (primary N) is 1. The largest absolute Gasteiger partial charge is 0.362 e. The van der Waals surface area contributed by atoms with E-state index in [0.29, 0.717) is 19.5 Å². The summed E-state index contributed by atoms with van der Waals surface area (Å²) in [6, 6.07) is 12.7. The lowest BCUT2D eigenvalue weighted by Crippen LogP contribution is -2.40. The molecule has 0 aromatic heterocycles. The number of anilines is 2. The molecule has 1 aliphatic rings. The molecular weight excluding hydrogens is 350 g/mol. The first-order valence-corrected chi connectivity index (χ1v) is 10.1. The molecule has 0 saturated heterocycles. The molecule has 2 aromatic rings. The summed E-state index contributed by atoms with van der Waals surface area (Å²) in [6.45, 7) is 5.48. The summed E-state index contributed by atoms with van der Waals surface area (Å²) in [5.41, 5.74) is 3.78. The van der Waals surface area contributed by atoms with Crippen LogP contribution < -0.4 is 14.9 Å². The van der Waals surface area contributed by atoms with E-state index in [1.807, 2.05) is 43.0 Å². The minimum Gasteiger partial charge on any atom is -0.362 e. The van der Waals surface area contributed by atoms with Crippen molar-refractivity contribution in [1.82, 2.24) is 0 Å². The van der Waals surface area contributed by atoms with Crippen molar-refractivity contribution in [1.29, 1.82) is 0 Å². The molecule has 2 N–H and O–H groups in total. The van der Waals surface area contributed by atoms with E-state index < -0.39 is 10.0 Å². The number of carbonyl (C=O) groups is 1. The number of hydrogen-bond acceptors (Lipinski definition) is 4. The Bertz CT molecular complexity index is 941. The van der Waals surface area contributed by atoms with Crippen molar-refractivity contribution in [3.05, 3.63) is 53.6 Å². The van der Waals surface area contributed by atoms with Gasteiger partial charge >= 0.3 is 0 Å². The summed E-state index contributed by atoms with van der Waals surface area (Å²) in [5.74, 6) is 0.0187. The fourth-order valence-electron chi connectivity index (χ4n) is 3.38. The number of likely N-dealkylation sites (N-methyl/N-ethyl adjacent to an activating group) is 1. The minimum absolute atomic E-state index is 0.0187. The van der Waals surface area contributed by atoms with Crippen LogP contribution in [0.25, 0.3) is 0 Å². The van der Waals surface area contributed by atoms with Gasteiger partial charge in [-0.2, -0.15) is 0 Å². The summed E-state index contributed by atoms with van der Waals surface area (Å²) in [6.07, 6.45) is 0.697. The number of fused-ring (bicyclic) bond motifs is 1. The Labute approximate surface area is 154 Å². The number of hydrogen-bond donors (Lipinski definition) is 1. The maximum Gasteiger partial charge on any atom is 0.246 e. The normalized spacial score (nSPS) is 13.6. The molecule has 0 aliphatic carbocycles. The maximum absolute atomic E-state index is 12.9. The monoisotopic (exact) mass is 373 g/mol. The van der Waals surface area contributed by atoms with E-state index in [4.69, 9.17) is 5.14 Å². The zero-order valence-electron chi connectivity index (χ0n) is 15.0. The molecule has 0 spiro atoms. The highest BCUT2D eigenvalue weighted by Gasteiger charge is 2.25. The van der Waals surface area contributed by atoms with Gasteiger partial charge in [-0.1, -0.05) is 18.2 Å². The highest BCUT2D eigenvalue weighted by Crippen LogP contribution is 2.30. The molecule has 138 valence electrons. The van der Waals surface area contributed by atoms with Gasteiger partial charge in [0, 0.05) is 24.5 Å². The Hall–Kier alpha value is -2.38. The fourth-order valence-corrected chi connectivity index (χ4v) is 3.95. The average molecular weight is 373 g/mol. The van der Waals surface area contributed by atoms with Gasteiger partial charge in [0.2, 0.25) is 15.9 Å². The van der Waals surface area contributed by atoms with Crippen LogP contribution >= 0.6 is 0 Å². The summed E-state index contributed by atoms with van der Waals surface area (Å²) in [5, 5.41) is 5.20. The van der Waals surface area contributed by atoms with E-state index in [9.17, 15) is 13.2 Å². The predicted octanol–water partition coefficient (Wildman–Crippen LogP) is 2.06. The number of amides is 1. The molecule has 0 bridgehead atoms. The summed E-state index contributed by atoms with van der Waals surface area (Å²) < 4.78 is 23.0. The Morgan fingerprint density at radius 3 is 2.62 bits per heavy atom. The Morgan fingerprint density at radius 2 is 1.96 bits per heavy atom. The van der Waals surface area contributed by atoms with Crippen LogP contribution in [-0.4, -0.2) is 34.0 Å². The molecule has 0 fully saturated rings. The lowest BCUT2D eigenvalue weighted by atomic mass is 10.1. The lowest BCUT2D eigenvalue weighted by molar-refractivity contribution is -0.117. The van der Waals surface area contributed by atoms with Gasteiger partial charge in [-0.05, 0) is 55.7 Å². The third-order valence-electron chi connectivity index (χ3n) is 4.72. The SMILES string of the molecule is CCN(C(=O)CN1CCc2cc(S(N)(=O)=O)ccc21)c1ccccc1C. The fraction of sp³-hybridized carbons (Fsp3) is 0.316. The molecule has 3 rings (SSSR count). The van der Waals surface area contributed by atoms with Crippen LogP contribution in [0.2, 0.25) is 0 Å². The molecule has 1 amide bonds. The third kappa shape index (κ3) is 3.59. The van der Waals surface area contributed by atoms with E-state index in [1.165, 1.54) is 6.07 Å². The van der Waals surface area contributed by atoms with Crippen LogP contribution in [-0.2, 0) is 21.2 Å². The molecule has 26 heavy (non-hydrogen) atoms. The van der Waals surface area contributed by atoms with Gasteiger partial charge in [0.1, 0.15) is 0 Å². The molecule has 0 saturated carbocycles. The molecule has 1 aliphatic heterocycles. The van der Waals surface area contributed by atoms with E-state index in [1.54, 1.807) is 17.0 Å². The van der Waals surface area contributed by atoms with Gasteiger partial charge in [-0.15, -0.1) is 0 Å². The Balaban J connectivity index is 1.81. The van der Waals surface area contributed by atoms with Gasteiger partial charge in [-0.3, -0.25) is 4.79 Å².